The highest BCUT2D eigenvalue weighted by Crippen LogP contribution is 2.52. The third kappa shape index (κ3) is 12.1. The van der Waals surface area contributed by atoms with E-state index in [1.807, 2.05) is 30.8 Å². The van der Waals surface area contributed by atoms with Gasteiger partial charge in [0.15, 0.2) is 0 Å². The Bertz CT molecular complexity index is 3100. The van der Waals surface area contributed by atoms with E-state index in [0.717, 1.165) is 110 Å². The van der Waals surface area contributed by atoms with E-state index < -0.39 is 12.1 Å². The molecule has 6 aliphatic rings. The van der Waals surface area contributed by atoms with Crippen LogP contribution in [0.5, 0.6) is 0 Å². The lowest BCUT2D eigenvalue weighted by Gasteiger charge is -2.36. The molecule has 4 N–H and O–H groups in total. The van der Waals surface area contributed by atoms with E-state index in [2.05, 4.69) is 100 Å². The summed E-state index contributed by atoms with van der Waals surface area (Å²) in [6.07, 6.45) is 18.6. The topological polar surface area (TPSA) is 168 Å². The van der Waals surface area contributed by atoms with Crippen molar-refractivity contribution in [1.29, 1.82) is 0 Å². The molecule has 3 aromatic carbocycles. The molecular weight excluding hydrogens is 1040 g/mol. The Balaban J connectivity index is 0.000000198. The number of carbonyl (C=O) groups excluding carboxylic acids is 3. The van der Waals surface area contributed by atoms with Gasteiger partial charge in [-0.25, -0.2) is 4.98 Å². The minimum atomic E-state index is -0.550. The largest absolute Gasteiger partial charge is 0.469 e. The molecule has 0 bridgehead atoms. The van der Waals surface area contributed by atoms with E-state index in [9.17, 15) is 19.2 Å². The zero-order valence-electron chi connectivity index (χ0n) is 48.0. The number of likely N-dealkylation sites (tertiary alicyclic amines) is 3. The maximum absolute atomic E-state index is 14.2. The Morgan fingerprint density at radius 3 is 2.26 bits per heavy atom. The van der Waals surface area contributed by atoms with Crippen LogP contribution in [0.3, 0.4) is 0 Å². The van der Waals surface area contributed by atoms with Crippen molar-refractivity contribution in [2.75, 3.05) is 53.4 Å². The Hall–Kier alpha value is -5.61. The number of hydrogen-bond donors (Lipinski definition) is 3. The molecule has 0 radical (unpaired) electrons. The first-order valence-electron chi connectivity index (χ1n) is 29.7. The summed E-state index contributed by atoms with van der Waals surface area (Å²) >= 11 is 8.09. The van der Waals surface area contributed by atoms with Crippen LogP contribution in [0.4, 0.5) is 0 Å². The normalized spacial score (nSPS) is 21.1. The van der Waals surface area contributed by atoms with Gasteiger partial charge in [-0.15, -0.1) is 11.3 Å². The molecule has 2 saturated carbocycles. The Morgan fingerprint density at radius 1 is 0.875 bits per heavy atom. The quantitative estimate of drug-likeness (QED) is 0.102. The van der Waals surface area contributed by atoms with Crippen molar-refractivity contribution in [3.63, 3.8) is 0 Å². The molecule has 2 amide bonds. The summed E-state index contributed by atoms with van der Waals surface area (Å²) in [5.74, 6) is 1.44. The molecule has 3 saturated heterocycles. The summed E-state index contributed by atoms with van der Waals surface area (Å²) in [7, 11) is 3.65. The summed E-state index contributed by atoms with van der Waals surface area (Å²) in [4.78, 5) is 70.4. The number of halogens is 1. The highest BCUT2D eigenvalue weighted by Gasteiger charge is 2.47. The number of allylic oxidation sites excluding steroid dienone is 1. The Kier molecular flexibility index (Phi) is 17.9. The number of thiazole rings is 1. The third-order valence-corrected chi connectivity index (χ3v) is 19.9. The second kappa shape index (κ2) is 24.9. The van der Waals surface area contributed by atoms with Gasteiger partial charge in [-0.05, 0) is 162 Å². The van der Waals surface area contributed by atoms with Crippen LogP contribution in [0, 0.1) is 24.2 Å². The van der Waals surface area contributed by atoms with E-state index in [0.29, 0.717) is 41.8 Å². The molecule has 3 unspecified atom stereocenters. The van der Waals surface area contributed by atoms with Gasteiger partial charge in [0.1, 0.15) is 17.9 Å². The summed E-state index contributed by atoms with van der Waals surface area (Å²) < 4.78 is 7.26. The van der Waals surface area contributed by atoms with Gasteiger partial charge in [-0.3, -0.25) is 23.7 Å². The van der Waals surface area contributed by atoms with Crippen LogP contribution in [-0.2, 0) is 24.5 Å². The number of nitrogens with one attached hydrogen (secondary N) is 2. The van der Waals surface area contributed by atoms with Crippen LogP contribution < -0.4 is 21.9 Å². The molecule has 11 rings (SSSR count). The monoisotopic (exact) mass is 1130 g/mol. The van der Waals surface area contributed by atoms with E-state index in [1.54, 1.807) is 22.3 Å². The number of carbonyl (C=O) groups is 3. The first-order valence-corrected chi connectivity index (χ1v) is 31.0. The lowest BCUT2D eigenvalue weighted by molar-refractivity contribution is -0.147. The third-order valence-electron chi connectivity index (χ3n) is 18.6. The minimum Gasteiger partial charge on any atom is -0.469 e. The summed E-state index contributed by atoms with van der Waals surface area (Å²) in [6, 6.07) is 19.9. The number of fused-ring (bicyclic) bond motifs is 7. The molecule has 428 valence electrons. The fourth-order valence-electron chi connectivity index (χ4n) is 13.9. The van der Waals surface area contributed by atoms with Crippen LogP contribution in [0.2, 0.25) is 5.02 Å². The first kappa shape index (κ1) is 57.6. The van der Waals surface area contributed by atoms with Crippen molar-refractivity contribution in [3.05, 3.63) is 122 Å². The fourth-order valence-corrected chi connectivity index (χ4v) is 15.0. The molecule has 4 aliphatic heterocycles. The zero-order chi connectivity index (χ0) is 56.3. The first-order chi connectivity index (χ1) is 38.5. The molecule has 3 atom stereocenters. The van der Waals surface area contributed by atoms with Crippen molar-refractivity contribution >= 4 is 51.6 Å². The van der Waals surface area contributed by atoms with E-state index in [-0.39, 0.29) is 46.1 Å². The number of amides is 2. The van der Waals surface area contributed by atoms with Gasteiger partial charge in [0.25, 0.3) is 5.56 Å². The molecule has 16 heteroatoms. The second-order valence-electron chi connectivity index (χ2n) is 24.9. The van der Waals surface area contributed by atoms with Gasteiger partial charge in [0.2, 0.25) is 11.8 Å². The van der Waals surface area contributed by atoms with Crippen LogP contribution in [0.25, 0.3) is 27.0 Å². The van der Waals surface area contributed by atoms with Crippen molar-refractivity contribution in [1.82, 2.24) is 39.9 Å². The number of methoxy groups -OCH3 is 1. The van der Waals surface area contributed by atoms with Crippen LogP contribution in [-0.4, -0.2) is 113 Å². The number of benzene rings is 3. The SMILES string of the molecule is CN1CCC(c2ccc3c(c2)-n2c(nc(=O)c4c(Cl)cccc42)C32CCCCC2)CC1.COC(=O)C1CCN(CC(NC(=O)C2CCCN2C(=O)C(N/C=C(\N)C2CCCCC2)C(C)(C)C)c2ccc(-c3scnc3C)cc2)CC1. The number of esters is 1. The van der Waals surface area contributed by atoms with Gasteiger partial charge in [-0.1, -0.05) is 113 Å². The van der Waals surface area contributed by atoms with E-state index in [4.69, 9.17) is 27.1 Å². The van der Waals surface area contributed by atoms with E-state index >= 15 is 0 Å². The lowest BCUT2D eigenvalue weighted by atomic mass is 9.69. The molecular formula is C64H84ClN9O5S. The van der Waals surface area contributed by atoms with Crippen molar-refractivity contribution in [2.45, 2.75) is 160 Å². The average molecular weight is 1130 g/mol. The molecule has 14 nitrogen and oxygen atoms in total. The zero-order valence-corrected chi connectivity index (χ0v) is 49.6. The number of rotatable bonds is 12. The average Bonchev–Trinajstić information content (AvgIpc) is 4.28. The molecule has 2 aliphatic carbocycles. The van der Waals surface area contributed by atoms with Gasteiger partial charge in [0.05, 0.1) is 62.2 Å². The molecule has 1 spiro atoms. The lowest BCUT2D eigenvalue weighted by Crippen LogP contribution is -2.56. The van der Waals surface area contributed by atoms with Gasteiger partial charge >= 0.3 is 5.97 Å². The highest BCUT2D eigenvalue weighted by molar-refractivity contribution is 7.13. The molecule has 80 heavy (non-hydrogen) atoms. The number of nitrogens with two attached hydrogens (primary N) is 1. The van der Waals surface area contributed by atoms with Crippen LogP contribution >= 0.6 is 22.9 Å². The standard InChI is InChI=1S/C38H56N6O4S.C26H28ClN3O/c1-25-33(49-24-41-25)28-15-13-27(14-16-28)31(23-43-20-17-29(18-21-43)37(47)48-5)42-35(45)32-12-9-19-44(32)36(46)34(38(2,3)4)40-22-30(39)26-10-7-6-8-11-26;1-29-14-10-17(11-15-29)18-8-9-19-22(16-18)30-21-7-5-6-20(27)23(21)24(31)28-25(30)26(19)12-3-2-4-13-26/h13-16,22,24,26,29,31-32,34,40H,6-12,17-21,23,39H2,1-5H3,(H,42,45);5-9,16-17H,2-4,10-15H2,1H3/b30-22-;. The molecule has 6 heterocycles. The summed E-state index contributed by atoms with van der Waals surface area (Å²) in [6.45, 7) is 13.1. The fraction of sp³-hybridized carbons (Fsp3) is 0.562. The molecule has 5 fully saturated rings. The maximum Gasteiger partial charge on any atom is 0.308 e. The number of nitrogens with zero attached hydrogens (tertiary/aromatic N) is 6. The number of ether oxygens (including phenoxy) is 1. The Labute approximate surface area is 482 Å². The smallest absolute Gasteiger partial charge is 0.308 e. The van der Waals surface area contributed by atoms with Crippen LogP contribution in [0.1, 0.15) is 164 Å². The molecule has 5 aromatic rings. The van der Waals surface area contributed by atoms with Gasteiger partial charge in [0, 0.05) is 25.0 Å². The van der Waals surface area contributed by atoms with Crippen molar-refractivity contribution in [3.8, 4) is 16.1 Å². The number of aromatic nitrogens is 3. The maximum atomic E-state index is 14.2. The predicted octanol–water partition coefficient (Wildman–Crippen LogP) is 10.9. The number of piperidine rings is 2. The van der Waals surface area contributed by atoms with Gasteiger partial charge in [-0.2, -0.15) is 4.98 Å². The minimum absolute atomic E-state index is 0.0662. The van der Waals surface area contributed by atoms with Crippen molar-refractivity contribution < 1.29 is 19.1 Å². The second-order valence-corrected chi connectivity index (χ2v) is 26.2. The van der Waals surface area contributed by atoms with Gasteiger partial charge < -0.3 is 35.8 Å². The Morgan fingerprint density at radius 2 is 1.59 bits per heavy atom. The van der Waals surface area contributed by atoms with Crippen LogP contribution in [0.15, 0.2) is 82.9 Å². The summed E-state index contributed by atoms with van der Waals surface area (Å²) in [5.41, 5.74) is 16.4. The predicted molar refractivity (Wildman–Crippen MR) is 320 cm³/mol. The summed E-state index contributed by atoms with van der Waals surface area (Å²) in [5, 5.41) is 7.78. The molecule has 2 aromatic heterocycles. The highest BCUT2D eigenvalue weighted by atomic mass is 35.5. The number of aryl methyl sites for hydroxylation is 1. The number of hydrogen-bond acceptors (Lipinski definition) is 12. The van der Waals surface area contributed by atoms with E-state index in [1.165, 1.54) is 75.3 Å². The van der Waals surface area contributed by atoms with Crippen molar-refractivity contribution in [2.24, 2.45) is 23.0 Å².